The van der Waals surface area contributed by atoms with Gasteiger partial charge < -0.3 is 89.1 Å². The molecule has 0 aromatic heterocycles. The van der Waals surface area contributed by atoms with Crippen LogP contribution in [0.25, 0.3) is 0 Å². The van der Waals surface area contributed by atoms with Gasteiger partial charge in [0.05, 0.1) is 13.2 Å². The van der Waals surface area contributed by atoms with E-state index < -0.39 is 156 Å². The van der Waals surface area contributed by atoms with E-state index in [9.17, 15) is 74.9 Å². The molecule has 11 N–H and O–H groups in total. The summed E-state index contributed by atoms with van der Waals surface area (Å²) in [5, 5.41) is 110. The van der Waals surface area contributed by atoms with Gasteiger partial charge in [0.2, 0.25) is 0 Å². The van der Waals surface area contributed by atoms with Gasteiger partial charge in [-0.1, -0.05) is 245 Å². The van der Waals surface area contributed by atoms with E-state index in [0.29, 0.717) is 19.3 Å². The van der Waals surface area contributed by atoms with Crippen molar-refractivity contribution in [2.45, 2.75) is 401 Å². The molecule has 18 unspecified atom stereocenters. The Morgan fingerprint density at radius 1 is 0.392 bits per heavy atom. The fraction of sp³-hybridized carbons (Fsp3) is 0.931. The van der Waals surface area contributed by atoms with Crippen LogP contribution in [-0.4, -0.2) is 204 Å². The standard InChI is InChI=1S/C72H133O24P/c1-4-7-10-13-16-19-22-25-27-28-30-33-36-39-42-45-48-58(76)91-53(50-88-56(74)46-43-40-37-34-31-24-21-18-15-12-9-6-3)51-90-97(86,87)96-70-68(94-71-66(84)61(79)59(77)54(49-73)92-71)64(82)63(81)65(83)69(70)95-72-67(85)62(80)60(78)55(93-72)52-89-57(75)47-44-41-38-35-32-29-26-23-20-17-14-11-8-5-2/h29,32,53-55,59-73,77-85H,4-28,30-31,33-52H2,1-3H3,(H,86,87)/b32-29-. The maximum Gasteiger partial charge on any atom is 0.472 e. The molecule has 0 aromatic carbocycles. The molecule has 3 aliphatic rings. The van der Waals surface area contributed by atoms with Gasteiger partial charge in [-0.2, -0.15) is 0 Å². The molecular weight excluding hydrogens is 1280 g/mol. The number of allylic oxidation sites excluding steroid dienone is 2. The summed E-state index contributed by atoms with van der Waals surface area (Å²) < 4.78 is 65.0. The molecule has 24 nitrogen and oxygen atoms in total. The first-order valence-electron chi connectivity index (χ1n) is 38.0. The molecule has 0 amide bonds. The van der Waals surface area contributed by atoms with Crippen molar-refractivity contribution < 1.29 is 117 Å². The Balaban J connectivity index is 1.73. The third-order valence-corrected chi connectivity index (χ3v) is 19.8. The minimum Gasteiger partial charge on any atom is -0.463 e. The molecule has 2 heterocycles. The highest BCUT2D eigenvalue weighted by molar-refractivity contribution is 7.47. The normalized spacial score (nSPS) is 27.8. The summed E-state index contributed by atoms with van der Waals surface area (Å²) in [6, 6.07) is 0. The summed E-state index contributed by atoms with van der Waals surface area (Å²) in [5.74, 6) is -1.99. The van der Waals surface area contributed by atoms with Crippen LogP contribution < -0.4 is 0 Å². The third kappa shape index (κ3) is 37.6. The lowest BCUT2D eigenvalue weighted by Gasteiger charge is -2.49. The van der Waals surface area contributed by atoms with Gasteiger partial charge >= 0.3 is 25.7 Å². The van der Waals surface area contributed by atoms with E-state index in [0.717, 1.165) is 96.3 Å². The Bertz CT molecular complexity index is 2060. The number of carbonyl (C=O) groups excluding carboxylic acids is 3. The van der Waals surface area contributed by atoms with Crippen LogP contribution in [0.2, 0.25) is 0 Å². The van der Waals surface area contributed by atoms with Crippen LogP contribution in [0.3, 0.4) is 0 Å². The number of aliphatic hydroxyl groups excluding tert-OH is 10. The molecule has 2 saturated heterocycles. The van der Waals surface area contributed by atoms with Gasteiger partial charge in [-0.3, -0.25) is 23.4 Å². The van der Waals surface area contributed by atoms with Gasteiger partial charge in [0.15, 0.2) is 18.7 Å². The van der Waals surface area contributed by atoms with E-state index in [1.807, 2.05) is 0 Å². The molecule has 18 atom stereocenters. The molecule has 25 heteroatoms. The first-order valence-corrected chi connectivity index (χ1v) is 39.5. The fourth-order valence-electron chi connectivity index (χ4n) is 12.6. The van der Waals surface area contributed by atoms with Gasteiger partial charge in [-0.05, 0) is 44.9 Å². The molecule has 570 valence electrons. The van der Waals surface area contributed by atoms with Gasteiger partial charge in [-0.25, -0.2) is 4.57 Å². The van der Waals surface area contributed by atoms with Crippen molar-refractivity contribution in [3.63, 3.8) is 0 Å². The smallest absolute Gasteiger partial charge is 0.463 e. The number of phosphoric acid groups is 1. The lowest BCUT2D eigenvalue weighted by atomic mass is 9.84. The monoisotopic (exact) mass is 1410 g/mol. The van der Waals surface area contributed by atoms with Gasteiger partial charge in [0.25, 0.3) is 0 Å². The number of carbonyl (C=O) groups is 3. The highest BCUT2D eigenvalue weighted by atomic mass is 31.2. The zero-order valence-electron chi connectivity index (χ0n) is 59.4. The lowest BCUT2D eigenvalue weighted by Crippen LogP contribution is -2.69. The number of hydrogen-bond acceptors (Lipinski definition) is 23. The third-order valence-electron chi connectivity index (χ3n) is 18.8. The van der Waals surface area contributed by atoms with Crippen molar-refractivity contribution in [3.8, 4) is 0 Å². The lowest BCUT2D eigenvalue weighted by molar-refractivity contribution is -0.360. The Hall–Kier alpha value is -2.30. The van der Waals surface area contributed by atoms with Crippen LogP contribution in [0.4, 0.5) is 0 Å². The van der Waals surface area contributed by atoms with Crippen LogP contribution >= 0.6 is 7.82 Å². The number of ether oxygens (including phenoxy) is 7. The Morgan fingerprint density at radius 3 is 1.12 bits per heavy atom. The first kappa shape index (κ1) is 88.9. The first-order chi connectivity index (χ1) is 46.8. The fourth-order valence-corrected chi connectivity index (χ4v) is 13.5. The van der Waals surface area contributed by atoms with Gasteiger partial charge in [-0.15, -0.1) is 0 Å². The van der Waals surface area contributed by atoms with E-state index >= 15 is 0 Å². The number of unbranched alkanes of at least 4 members (excludes halogenated alkanes) is 36. The van der Waals surface area contributed by atoms with Crippen molar-refractivity contribution in [2.75, 3.05) is 26.4 Å². The summed E-state index contributed by atoms with van der Waals surface area (Å²) in [4.78, 5) is 51.0. The molecule has 0 spiro atoms. The van der Waals surface area contributed by atoms with Crippen molar-refractivity contribution >= 4 is 25.7 Å². The number of aliphatic hydroxyl groups is 10. The van der Waals surface area contributed by atoms with E-state index in [1.54, 1.807) is 0 Å². The highest BCUT2D eigenvalue weighted by Gasteiger charge is 2.58. The van der Waals surface area contributed by atoms with E-state index in [4.69, 9.17) is 42.2 Å². The second kappa shape index (κ2) is 54.4. The van der Waals surface area contributed by atoms with Crippen LogP contribution in [0.15, 0.2) is 12.2 Å². The number of esters is 3. The van der Waals surface area contributed by atoms with Crippen molar-refractivity contribution in [3.05, 3.63) is 12.2 Å². The van der Waals surface area contributed by atoms with Crippen molar-refractivity contribution in [1.29, 1.82) is 0 Å². The van der Waals surface area contributed by atoms with Crippen LogP contribution in [-0.2, 0) is 61.2 Å². The Kier molecular flexibility index (Phi) is 49.8. The zero-order valence-corrected chi connectivity index (χ0v) is 60.3. The zero-order chi connectivity index (χ0) is 71.1. The molecule has 0 radical (unpaired) electrons. The van der Waals surface area contributed by atoms with Gasteiger partial charge in [0.1, 0.15) is 98.7 Å². The average molecular weight is 1410 g/mol. The molecule has 0 aromatic rings. The van der Waals surface area contributed by atoms with Gasteiger partial charge in [0, 0.05) is 19.3 Å². The minimum atomic E-state index is -5.69. The largest absolute Gasteiger partial charge is 0.472 e. The van der Waals surface area contributed by atoms with Crippen LogP contribution in [0.5, 0.6) is 0 Å². The highest BCUT2D eigenvalue weighted by Crippen LogP contribution is 2.49. The van der Waals surface area contributed by atoms with Crippen LogP contribution in [0, 0.1) is 0 Å². The Morgan fingerprint density at radius 2 is 0.722 bits per heavy atom. The summed E-state index contributed by atoms with van der Waals surface area (Å²) in [7, 11) is -5.69. The van der Waals surface area contributed by atoms with Crippen molar-refractivity contribution in [1.82, 2.24) is 0 Å². The Labute approximate surface area is 580 Å². The number of rotatable bonds is 59. The minimum absolute atomic E-state index is 0.00964. The van der Waals surface area contributed by atoms with Crippen molar-refractivity contribution in [2.24, 2.45) is 0 Å². The van der Waals surface area contributed by atoms with E-state index in [2.05, 4.69) is 32.9 Å². The second-order valence-corrected chi connectivity index (χ2v) is 28.8. The summed E-state index contributed by atoms with van der Waals surface area (Å²) >= 11 is 0. The molecule has 1 aliphatic carbocycles. The molecule has 97 heavy (non-hydrogen) atoms. The number of hydrogen-bond donors (Lipinski definition) is 11. The molecule has 3 fully saturated rings. The molecule has 2 aliphatic heterocycles. The maximum absolute atomic E-state index is 14.3. The van der Waals surface area contributed by atoms with Crippen LogP contribution in [0.1, 0.15) is 297 Å². The molecule has 3 rings (SSSR count). The predicted octanol–water partition coefficient (Wildman–Crippen LogP) is 10.4. The average Bonchev–Trinajstić information content (AvgIpc) is 0.763. The summed E-state index contributed by atoms with van der Waals surface area (Å²) in [6.07, 6.45) is 12.8. The molecule has 1 saturated carbocycles. The quantitative estimate of drug-likeness (QED) is 0.00886. The van der Waals surface area contributed by atoms with E-state index in [-0.39, 0.29) is 19.3 Å². The summed E-state index contributed by atoms with van der Waals surface area (Å²) in [6.45, 7) is 3.44. The molecule has 0 bridgehead atoms. The maximum atomic E-state index is 14.3. The topological polar surface area (TPSA) is 374 Å². The number of phosphoric ester groups is 1. The predicted molar refractivity (Wildman–Crippen MR) is 365 cm³/mol. The SMILES string of the molecule is CCCCCCCCC/C=C\CCCCCC(=O)OCC1OC(OC2C(O)C(O)C(O)C(OC3OC(CO)C(O)C(O)C3O)C2OP(=O)(O)OCC(COC(=O)CCCCCCCCCCCCCC)OC(=O)CCCCCCCCCCCCCCCCCC)C(O)C(O)C1O. The molecular formula is C72H133O24P. The summed E-state index contributed by atoms with van der Waals surface area (Å²) in [5.41, 5.74) is 0. The second-order valence-electron chi connectivity index (χ2n) is 27.4. The van der Waals surface area contributed by atoms with E-state index in [1.165, 1.54) is 141 Å².